The van der Waals surface area contributed by atoms with Crippen LogP contribution in [0.15, 0.2) is 134 Å². The molecule has 3 N–H and O–H groups in total. The third kappa shape index (κ3) is 73.5. The number of esters is 4. The van der Waals surface area contributed by atoms with Gasteiger partial charge in [-0.2, -0.15) is 0 Å². The Labute approximate surface area is 618 Å². The molecule has 0 aromatic carbocycles. The van der Waals surface area contributed by atoms with Gasteiger partial charge in [0.15, 0.2) is 12.2 Å². The molecule has 0 aliphatic heterocycles. The van der Waals surface area contributed by atoms with Gasteiger partial charge in [0.05, 0.1) is 26.4 Å². The second kappa shape index (κ2) is 74.5. The number of aliphatic hydroxyl groups excluding tert-OH is 1. The molecule has 0 aromatic heterocycles. The number of allylic oxidation sites excluding steroid dienone is 22. The van der Waals surface area contributed by atoms with Crippen molar-refractivity contribution in [3.63, 3.8) is 0 Å². The number of ether oxygens (including phenoxy) is 4. The Morgan fingerprint density at radius 1 is 0.284 bits per heavy atom. The molecule has 102 heavy (non-hydrogen) atoms. The summed E-state index contributed by atoms with van der Waals surface area (Å²) in [5.41, 5.74) is 0. The number of phosphoric ester groups is 2. The molecule has 5 atom stereocenters. The molecule has 19 heteroatoms. The summed E-state index contributed by atoms with van der Waals surface area (Å²) in [4.78, 5) is 72.9. The number of carbonyl (C=O) groups excluding carboxylic acids is 4. The number of unbranched alkanes of at least 4 members (excludes halogenated alkanes) is 25. The third-order valence-corrected chi connectivity index (χ3v) is 18.0. The van der Waals surface area contributed by atoms with E-state index in [0.29, 0.717) is 32.1 Å². The zero-order valence-electron chi connectivity index (χ0n) is 63.7. The molecule has 0 aliphatic rings. The predicted octanol–water partition coefficient (Wildman–Crippen LogP) is 22.9. The van der Waals surface area contributed by atoms with Gasteiger partial charge in [0.1, 0.15) is 19.3 Å². The van der Waals surface area contributed by atoms with E-state index in [4.69, 9.17) is 37.0 Å². The molecular weight excluding hydrogens is 1330 g/mol. The number of carbonyl (C=O) groups is 4. The van der Waals surface area contributed by atoms with Crippen molar-refractivity contribution in [3.8, 4) is 0 Å². The van der Waals surface area contributed by atoms with Gasteiger partial charge in [-0.3, -0.25) is 37.3 Å². The van der Waals surface area contributed by atoms with Gasteiger partial charge in [-0.1, -0.05) is 290 Å². The summed E-state index contributed by atoms with van der Waals surface area (Å²) in [7, 11) is -9.98. The maximum Gasteiger partial charge on any atom is 0.472 e. The van der Waals surface area contributed by atoms with Gasteiger partial charge in [0.25, 0.3) is 0 Å². The highest BCUT2D eigenvalue weighted by atomic mass is 31.2. The molecular formula is C83H140O17P2. The molecule has 584 valence electrons. The minimum atomic E-state index is -5.00. The van der Waals surface area contributed by atoms with Crippen LogP contribution in [0.25, 0.3) is 0 Å². The summed E-state index contributed by atoms with van der Waals surface area (Å²) in [6.07, 6.45) is 83.0. The first kappa shape index (κ1) is 97.2. The van der Waals surface area contributed by atoms with Crippen molar-refractivity contribution in [1.29, 1.82) is 0 Å². The van der Waals surface area contributed by atoms with Crippen molar-refractivity contribution in [2.45, 2.75) is 329 Å². The van der Waals surface area contributed by atoms with E-state index in [-0.39, 0.29) is 25.7 Å². The molecule has 0 saturated heterocycles. The van der Waals surface area contributed by atoms with Gasteiger partial charge >= 0.3 is 39.5 Å². The highest BCUT2D eigenvalue weighted by Gasteiger charge is 2.30. The smallest absolute Gasteiger partial charge is 0.462 e. The van der Waals surface area contributed by atoms with Crippen LogP contribution in [0.3, 0.4) is 0 Å². The SMILES string of the molecule is CC/C=C\C/C=C\C/C=C\C/C=C\C/C=C\C/C=C\CCC(=O)OCC(COP(=O)(O)OCC(O)COP(=O)(O)OCC(COC(=O)CCCCCCC/C=C\C/C=C\CCCCC)OC(=O)CCCCCCCCCCCCCCC)OC(=O)CCCCCCC/C=C\C/C=C\C/C=C\CC. The fraction of sp³-hybridized carbons (Fsp3) is 0.687. The Morgan fingerprint density at radius 2 is 0.529 bits per heavy atom. The molecule has 17 nitrogen and oxygen atoms in total. The molecule has 0 radical (unpaired) electrons. The lowest BCUT2D eigenvalue weighted by Crippen LogP contribution is -2.30. The average molecular weight is 1470 g/mol. The van der Waals surface area contributed by atoms with E-state index < -0.39 is 97.5 Å². The quantitative estimate of drug-likeness (QED) is 0.0169. The van der Waals surface area contributed by atoms with Crippen molar-refractivity contribution < 1.29 is 80.2 Å². The first-order chi connectivity index (χ1) is 49.7. The summed E-state index contributed by atoms with van der Waals surface area (Å²) < 4.78 is 68.5. The van der Waals surface area contributed by atoms with Gasteiger partial charge in [0, 0.05) is 25.7 Å². The molecule has 0 rings (SSSR count). The van der Waals surface area contributed by atoms with Crippen LogP contribution in [-0.2, 0) is 65.4 Å². The van der Waals surface area contributed by atoms with Crippen LogP contribution in [0.2, 0.25) is 0 Å². The zero-order chi connectivity index (χ0) is 74.6. The van der Waals surface area contributed by atoms with Crippen LogP contribution in [0.5, 0.6) is 0 Å². The van der Waals surface area contributed by atoms with Crippen LogP contribution in [0, 0.1) is 0 Å². The van der Waals surface area contributed by atoms with Crippen LogP contribution in [-0.4, -0.2) is 96.7 Å². The van der Waals surface area contributed by atoms with Crippen molar-refractivity contribution in [2.24, 2.45) is 0 Å². The molecule has 0 aliphatic carbocycles. The van der Waals surface area contributed by atoms with E-state index >= 15 is 0 Å². The Morgan fingerprint density at radius 3 is 0.863 bits per heavy atom. The molecule has 0 saturated carbocycles. The topological polar surface area (TPSA) is 237 Å². The normalized spacial score (nSPS) is 14.6. The second-order valence-corrected chi connectivity index (χ2v) is 28.8. The van der Waals surface area contributed by atoms with Gasteiger partial charge in [-0.15, -0.1) is 0 Å². The summed E-state index contributed by atoms with van der Waals surface area (Å²) >= 11 is 0. The minimum absolute atomic E-state index is 0.0290. The van der Waals surface area contributed by atoms with Crippen LogP contribution < -0.4 is 0 Å². The van der Waals surface area contributed by atoms with E-state index in [0.717, 1.165) is 154 Å². The number of phosphoric acid groups is 2. The Bertz CT molecular complexity index is 2460. The van der Waals surface area contributed by atoms with Crippen molar-refractivity contribution in [1.82, 2.24) is 0 Å². The average Bonchev–Trinajstić information content (AvgIpc) is 0.924. The van der Waals surface area contributed by atoms with Crippen molar-refractivity contribution in [3.05, 3.63) is 134 Å². The largest absolute Gasteiger partial charge is 0.472 e. The van der Waals surface area contributed by atoms with Gasteiger partial charge in [-0.25, -0.2) is 9.13 Å². The van der Waals surface area contributed by atoms with Crippen molar-refractivity contribution >= 4 is 39.5 Å². The van der Waals surface area contributed by atoms with Crippen LogP contribution >= 0.6 is 15.6 Å². The van der Waals surface area contributed by atoms with E-state index in [1.165, 1.54) is 70.6 Å². The van der Waals surface area contributed by atoms with E-state index in [9.17, 15) is 43.2 Å². The lowest BCUT2D eigenvalue weighted by molar-refractivity contribution is -0.161. The maximum absolute atomic E-state index is 13.1. The van der Waals surface area contributed by atoms with E-state index in [2.05, 4.69) is 143 Å². The number of hydrogen-bond donors (Lipinski definition) is 3. The first-order valence-corrected chi connectivity index (χ1v) is 42.4. The van der Waals surface area contributed by atoms with Crippen molar-refractivity contribution in [2.75, 3.05) is 39.6 Å². The summed E-state index contributed by atoms with van der Waals surface area (Å²) in [6.45, 7) is 4.51. The van der Waals surface area contributed by atoms with E-state index in [1.54, 1.807) is 0 Å². The monoisotopic (exact) mass is 1470 g/mol. The summed E-state index contributed by atoms with van der Waals surface area (Å²) in [6, 6.07) is 0. The highest BCUT2D eigenvalue weighted by Crippen LogP contribution is 2.45. The summed E-state index contributed by atoms with van der Waals surface area (Å²) in [5.74, 6) is -2.30. The summed E-state index contributed by atoms with van der Waals surface area (Å²) in [5, 5.41) is 10.6. The third-order valence-electron chi connectivity index (χ3n) is 16.1. The molecule has 0 amide bonds. The number of hydrogen-bond acceptors (Lipinski definition) is 15. The zero-order valence-corrected chi connectivity index (χ0v) is 65.5. The van der Waals surface area contributed by atoms with Gasteiger partial charge in [0.2, 0.25) is 0 Å². The van der Waals surface area contributed by atoms with Gasteiger partial charge in [-0.05, 0) is 128 Å². The van der Waals surface area contributed by atoms with E-state index in [1.807, 2.05) is 18.2 Å². The predicted molar refractivity (Wildman–Crippen MR) is 418 cm³/mol. The number of rotatable bonds is 73. The Balaban J connectivity index is 5.43. The fourth-order valence-electron chi connectivity index (χ4n) is 10.2. The molecule has 0 bridgehead atoms. The van der Waals surface area contributed by atoms with Gasteiger partial charge < -0.3 is 33.8 Å². The molecule has 0 heterocycles. The lowest BCUT2D eigenvalue weighted by Gasteiger charge is -2.21. The molecule has 5 unspecified atom stereocenters. The molecule has 0 spiro atoms. The highest BCUT2D eigenvalue weighted by molar-refractivity contribution is 7.47. The maximum atomic E-state index is 13.1. The number of aliphatic hydroxyl groups is 1. The Hall–Kier alpha value is -4.80. The first-order valence-electron chi connectivity index (χ1n) is 39.4. The minimum Gasteiger partial charge on any atom is -0.462 e. The standard InChI is InChI=1S/C83H140O17P2/c1-5-9-13-17-21-25-29-33-36-37-38-39-42-45-48-52-56-60-64-68-81(86)94-74-79(100-83(88)70-66-62-58-54-50-46-41-35-31-27-23-19-15-11-7-3)76-98-102(91,92)96-72-77(84)71-95-101(89,90)97-75-78(99-82(87)69-65-61-57-53-49-43-32-28-24-20-16-12-8-4)73-93-80(85)67-63-59-55-51-47-44-40-34-30-26-22-18-14-10-6-2/h9,11,13,15,21-23,25-27,33-36,38-41,45,48,56,60,77-79,84H,5-8,10,12,14,16-20,24,28-32,37,42-44,46-47,49-55,57-59,61-76H2,1-4H3,(H,89,90)(H,91,92)/b13-9-,15-11-,25-21-,26-22-,27-23-,36-33-,39-38-,40-34-,41-35-,48-45-,60-56-. The Kier molecular flexibility index (Phi) is 71.0. The fourth-order valence-corrected chi connectivity index (χ4v) is 11.8. The molecule has 0 aromatic rings. The lowest BCUT2D eigenvalue weighted by atomic mass is 10.0. The van der Waals surface area contributed by atoms with Crippen LogP contribution in [0.4, 0.5) is 0 Å². The second-order valence-electron chi connectivity index (χ2n) is 25.9. The molecule has 0 fully saturated rings. The van der Waals surface area contributed by atoms with Crippen LogP contribution in [0.1, 0.15) is 310 Å².